The van der Waals surface area contributed by atoms with Gasteiger partial charge in [0.15, 0.2) is 0 Å². The lowest BCUT2D eigenvalue weighted by Crippen LogP contribution is -2.46. The fraction of sp³-hybridized carbons (Fsp3) is 0.259. The summed E-state index contributed by atoms with van der Waals surface area (Å²) in [6.45, 7) is 0.145. The first kappa shape index (κ1) is 23.2. The van der Waals surface area contributed by atoms with E-state index in [2.05, 4.69) is 5.32 Å². The zero-order valence-electron chi connectivity index (χ0n) is 18.0. The Kier molecular flexibility index (Phi) is 9.02. The van der Waals surface area contributed by atoms with Crippen LogP contribution < -0.4 is 5.32 Å². The van der Waals surface area contributed by atoms with E-state index in [-0.39, 0.29) is 18.9 Å². The van der Waals surface area contributed by atoms with E-state index < -0.39 is 18.2 Å². The summed E-state index contributed by atoms with van der Waals surface area (Å²) in [5.41, 5.74) is 2.89. The van der Waals surface area contributed by atoms with Crippen LogP contribution in [0, 0.1) is 5.92 Å². The maximum Gasteiger partial charge on any atom is 0.407 e. The Bertz CT molecular complexity index is 947. The highest BCUT2D eigenvalue weighted by atomic mass is 16.5. The van der Waals surface area contributed by atoms with Gasteiger partial charge >= 0.3 is 6.09 Å². The molecule has 0 fully saturated rings. The Morgan fingerprint density at radius 2 is 1.31 bits per heavy atom. The second-order valence-corrected chi connectivity index (χ2v) is 7.89. The number of rotatable bonds is 11. The molecule has 32 heavy (non-hydrogen) atoms. The van der Waals surface area contributed by atoms with Crippen molar-refractivity contribution in [3.05, 3.63) is 108 Å². The molecule has 2 N–H and O–H groups in total. The number of hydrogen-bond acceptors (Lipinski definition) is 4. The molecule has 1 amide bonds. The van der Waals surface area contributed by atoms with E-state index in [1.807, 2.05) is 91.0 Å². The van der Waals surface area contributed by atoms with Gasteiger partial charge in [-0.25, -0.2) is 4.79 Å². The molecule has 3 rings (SSSR count). The van der Waals surface area contributed by atoms with Gasteiger partial charge in [0.05, 0.1) is 12.1 Å². The van der Waals surface area contributed by atoms with Crippen molar-refractivity contribution < 1.29 is 19.4 Å². The van der Waals surface area contributed by atoms with Crippen LogP contribution in [0.1, 0.15) is 23.1 Å². The smallest absolute Gasteiger partial charge is 0.407 e. The number of amides is 1. The van der Waals surface area contributed by atoms with Gasteiger partial charge in [-0.1, -0.05) is 91.0 Å². The van der Waals surface area contributed by atoms with Gasteiger partial charge in [-0.05, 0) is 36.0 Å². The monoisotopic (exact) mass is 431 g/mol. The quantitative estimate of drug-likeness (QED) is 0.443. The number of hydrogen-bond donors (Lipinski definition) is 2. The number of ether oxygens (including phenoxy) is 1. The second-order valence-electron chi connectivity index (χ2n) is 7.89. The molecule has 0 bridgehead atoms. The Labute approximate surface area is 189 Å². The van der Waals surface area contributed by atoms with Crippen LogP contribution in [-0.2, 0) is 29.0 Å². The molecular weight excluding hydrogens is 402 g/mol. The number of alkyl carbamates (subject to hydrolysis) is 1. The summed E-state index contributed by atoms with van der Waals surface area (Å²) in [5.74, 6) is -0.354. The Hall–Kier alpha value is -3.44. The van der Waals surface area contributed by atoms with Gasteiger partial charge in [-0.2, -0.15) is 0 Å². The summed E-state index contributed by atoms with van der Waals surface area (Å²) in [4.78, 5) is 24.1. The fourth-order valence-electron chi connectivity index (χ4n) is 3.65. The number of aldehydes is 1. The van der Waals surface area contributed by atoms with Gasteiger partial charge < -0.3 is 20.0 Å². The molecule has 0 radical (unpaired) electrons. The summed E-state index contributed by atoms with van der Waals surface area (Å²) in [6.07, 6.45) is 0.591. The van der Waals surface area contributed by atoms with Crippen molar-refractivity contribution in [1.29, 1.82) is 0 Å². The minimum atomic E-state index is -0.904. The molecule has 5 heteroatoms. The van der Waals surface area contributed by atoms with E-state index in [1.165, 1.54) is 0 Å². The van der Waals surface area contributed by atoms with Gasteiger partial charge in [0.2, 0.25) is 0 Å². The summed E-state index contributed by atoms with van der Waals surface area (Å²) < 4.78 is 5.34. The van der Waals surface area contributed by atoms with Crippen molar-refractivity contribution in [2.24, 2.45) is 5.92 Å². The predicted molar refractivity (Wildman–Crippen MR) is 124 cm³/mol. The van der Waals surface area contributed by atoms with Crippen LogP contribution in [0.25, 0.3) is 0 Å². The van der Waals surface area contributed by atoms with E-state index in [9.17, 15) is 14.7 Å². The van der Waals surface area contributed by atoms with Crippen LogP contribution in [0.5, 0.6) is 0 Å². The molecule has 3 unspecified atom stereocenters. The largest absolute Gasteiger partial charge is 0.445 e. The molecule has 166 valence electrons. The van der Waals surface area contributed by atoms with Crippen LogP contribution in [0.2, 0.25) is 0 Å². The second kappa shape index (κ2) is 12.4. The lowest BCUT2D eigenvalue weighted by molar-refractivity contribution is -0.112. The average molecular weight is 432 g/mol. The Morgan fingerprint density at radius 3 is 1.84 bits per heavy atom. The molecular formula is C27H29NO4. The van der Waals surface area contributed by atoms with E-state index >= 15 is 0 Å². The van der Waals surface area contributed by atoms with Gasteiger partial charge in [0.25, 0.3) is 0 Å². The van der Waals surface area contributed by atoms with E-state index in [1.54, 1.807) is 0 Å². The molecule has 3 aromatic carbocycles. The molecule has 5 nitrogen and oxygen atoms in total. The molecule has 0 saturated carbocycles. The summed E-state index contributed by atoms with van der Waals surface area (Å²) in [6, 6.07) is 28.2. The van der Waals surface area contributed by atoms with Crippen LogP contribution in [0.4, 0.5) is 4.79 Å². The normalized spacial score (nSPS) is 13.5. The van der Waals surface area contributed by atoms with Crippen molar-refractivity contribution in [1.82, 2.24) is 5.32 Å². The highest BCUT2D eigenvalue weighted by Crippen LogP contribution is 2.17. The molecule has 0 aliphatic heterocycles. The van der Waals surface area contributed by atoms with Gasteiger partial charge in [0.1, 0.15) is 12.9 Å². The SMILES string of the molecule is O=CC(Cc1ccccc1)CC(O)C(Cc1ccccc1)NC(=O)OCc1ccccc1. The average Bonchev–Trinajstić information content (AvgIpc) is 2.84. The summed E-state index contributed by atoms with van der Waals surface area (Å²) in [5, 5.41) is 13.8. The van der Waals surface area contributed by atoms with Gasteiger partial charge in [0, 0.05) is 5.92 Å². The molecule has 0 aliphatic rings. The number of aliphatic hydroxyl groups excluding tert-OH is 1. The van der Waals surface area contributed by atoms with Crippen molar-refractivity contribution in [2.45, 2.75) is 38.0 Å². The van der Waals surface area contributed by atoms with Gasteiger partial charge in [-0.15, -0.1) is 0 Å². The third-order valence-electron chi connectivity index (χ3n) is 5.36. The minimum absolute atomic E-state index is 0.145. The van der Waals surface area contributed by atoms with E-state index in [0.717, 1.165) is 23.0 Å². The first-order chi connectivity index (χ1) is 15.6. The molecule has 0 aromatic heterocycles. The number of carbonyl (C=O) groups is 2. The number of carbonyl (C=O) groups excluding carboxylic acids is 2. The Morgan fingerprint density at radius 1 is 0.812 bits per heavy atom. The number of nitrogens with one attached hydrogen (secondary N) is 1. The van der Waals surface area contributed by atoms with Gasteiger partial charge in [-0.3, -0.25) is 0 Å². The molecule has 0 spiro atoms. The highest BCUT2D eigenvalue weighted by molar-refractivity contribution is 5.67. The van der Waals surface area contributed by atoms with Crippen molar-refractivity contribution in [3.63, 3.8) is 0 Å². The molecule has 0 aliphatic carbocycles. The predicted octanol–water partition coefficient (Wildman–Crippen LogP) is 4.33. The highest BCUT2D eigenvalue weighted by Gasteiger charge is 2.25. The lowest BCUT2D eigenvalue weighted by Gasteiger charge is -2.26. The van der Waals surface area contributed by atoms with Crippen molar-refractivity contribution in [3.8, 4) is 0 Å². The van der Waals surface area contributed by atoms with Crippen LogP contribution in [-0.4, -0.2) is 29.6 Å². The first-order valence-electron chi connectivity index (χ1n) is 10.8. The Balaban J connectivity index is 1.63. The summed E-state index contributed by atoms with van der Waals surface area (Å²) in [7, 11) is 0. The van der Waals surface area contributed by atoms with E-state index in [4.69, 9.17) is 4.74 Å². The van der Waals surface area contributed by atoms with Crippen molar-refractivity contribution >= 4 is 12.4 Å². The molecule has 3 atom stereocenters. The number of aliphatic hydroxyl groups is 1. The van der Waals surface area contributed by atoms with Crippen LogP contribution in [0.3, 0.4) is 0 Å². The molecule has 0 heterocycles. The molecule has 0 saturated heterocycles. The van der Waals surface area contributed by atoms with Crippen molar-refractivity contribution in [2.75, 3.05) is 0 Å². The minimum Gasteiger partial charge on any atom is -0.445 e. The maximum absolute atomic E-state index is 12.5. The van der Waals surface area contributed by atoms with E-state index in [0.29, 0.717) is 12.8 Å². The van der Waals surface area contributed by atoms with Crippen LogP contribution >= 0.6 is 0 Å². The molecule has 3 aromatic rings. The fourth-order valence-corrected chi connectivity index (χ4v) is 3.65. The number of benzene rings is 3. The first-order valence-corrected chi connectivity index (χ1v) is 10.8. The topological polar surface area (TPSA) is 75.6 Å². The zero-order valence-corrected chi connectivity index (χ0v) is 18.0. The summed E-state index contributed by atoms with van der Waals surface area (Å²) >= 11 is 0. The zero-order chi connectivity index (χ0) is 22.6. The standard InChI is InChI=1S/C27H29NO4/c29-19-24(16-21-10-4-1-5-11-21)18-26(30)25(17-22-12-6-2-7-13-22)28-27(31)32-20-23-14-8-3-9-15-23/h1-15,19,24-26,30H,16-18,20H2,(H,28,31). The maximum atomic E-state index is 12.5. The third-order valence-corrected chi connectivity index (χ3v) is 5.36. The van der Waals surface area contributed by atoms with Crippen LogP contribution in [0.15, 0.2) is 91.0 Å². The third kappa shape index (κ3) is 7.67. The lowest BCUT2D eigenvalue weighted by atomic mass is 9.90.